The lowest BCUT2D eigenvalue weighted by molar-refractivity contribution is -0.121. The smallest absolute Gasteiger partial charge is 0.220 e. The number of nitrogens with one attached hydrogen (secondary N) is 1. The molecule has 4 nitrogen and oxygen atoms in total. The fourth-order valence-corrected chi connectivity index (χ4v) is 1.85. The van der Waals surface area contributed by atoms with Crippen LogP contribution in [0.3, 0.4) is 0 Å². The van der Waals surface area contributed by atoms with Gasteiger partial charge in [0.15, 0.2) is 0 Å². The molecule has 18 heavy (non-hydrogen) atoms. The molecule has 0 aliphatic carbocycles. The first-order chi connectivity index (χ1) is 8.58. The summed E-state index contributed by atoms with van der Waals surface area (Å²) in [5.41, 5.74) is 1.12. The largest absolute Gasteiger partial charge is 0.393 e. The van der Waals surface area contributed by atoms with Gasteiger partial charge in [-0.3, -0.25) is 9.78 Å². The molecule has 1 heterocycles. The highest BCUT2D eigenvalue weighted by Crippen LogP contribution is 2.05. The predicted octanol–water partition coefficient (Wildman–Crippen LogP) is 1.54. The standard InChI is InChI=1S/C14H22N2O2/c1-11(9-12(2)17)10-16-14(18)4-3-13-5-7-15-8-6-13/h5-8,11-12,17H,3-4,9-10H2,1-2H3,(H,16,18). The number of carbonyl (C=O) groups is 1. The monoisotopic (exact) mass is 250 g/mol. The van der Waals surface area contributed by atoms with E-state index in [4.69, 9.17) is 0 Å². The number of aliphatic hydroxyl groups is 1. The third-order valence-corrected chi connectivity index (χ3v) is 2.78. The molecule has 2 atom stereocenters. The second kappa shape index (κ2) is 7.82. The van der Waals surface area contributed by atoms with Crippen molar-refractivity contribution in [3.63, 3.8) is 0 Å². The number of pyridine rings is 1. The van der Waals surface area contributed by atoms with Gasteiger partial charge in [0.1, 0.15) is 0 Å². The Balaban J connectivity index is 2.18. The summed E-state index contributed by atoms with van der Waals surface area (Å²) in [4.78, 5) is 15.6. The van der Waals surface area contributed by atoms with Crippen molar-refractivity contribution >= 4 is 5.91 Å². The molecule has 0 aliphatic rings. The molecule has 100 valence electrons. The quantitative estimate of drug-likeness (QED) is 0.771. The number of amides is 1. The molecule has 0 fully saturated rings. The van der Waals surface area contributed by atoms with E-state index in [0.29, 0.717) is 25.3 Å². The van der Waals surface area contributed by atoms with Crippen LogP contribution in [0.25, 0.3) is 0 Å². The van der Waals surface area contributed by atoms with Crippen LogP contribution in [0.2, 0.25) is 0 Å². The van der Waals surface area contributed by atoms with Gasteiger partial charge >= 0.3 is 0 Å². The van der Waals surface area contributed by atoms with E-state index in [1.807, 2.05) is 19.1 Å². The molecule has 0 aliphatic heterocycles. The lowest BCUT2D eigenvalue weighted by atomic mass is 10.0. The second-order valence-electron chi connectivity index (χ2n) is 4.85. The van der Waals surface area contributed by atoms with Crippen molar-refractivity contribution in [3.8, 4) is 0 Å². The highest BCUT2D eigenvalue weighted by molar-refractivity contribution is 5.76. The highest BCUT2D eigenvalue weighted by Gasteiger charge is 2.08. The topological polar surface area (TPSA) is 62.2 Å². The predicted molar refractivity (Wildman–Crippen MR) is 71.0 cm³/mol. The maximum atomic E-state index is 11.6. The molecular formula is C14H22N2O2. The van der Waals surface area contributed by atoms with Crippen molar-refractivity contribution in [1.82, 2.24) is 10.3 Å². The minimum atomic E-state index is -0.311. The Kier molecular flexibility index (Phi) is 6.36. The Bertz CT molecular complexity index is 352. The highest BCUT2D eigenvalue weighted by atomic mass is 16.3. The average Bonchev–Trinajstić information content (AvgIpc) is 2.34. The molecule has 0 spiro atoms. The summed E-state index contributed by atoms with van der Waals surface area (Å²) in [7, 11) is 0. The molecule has 1 amide bonds. The van der Waals surface area contributed by atoms with Crippen LogP contribution in [0.4, 0.5) is 0 Å². The zero-order valence-corrected chi connectivity index (χ0v) is 11.1. The molecule has 0 saturated heterocycles. The molecule has 0 saturated carbocycles. The molecule has 0 aromatic carbocycles. The van der Waals surface area contributed by atoms with Gasteiger partial charge in [0.2, 0.25) is 5.91 Å². The van der Waals surface area contributed by atoms with E-state index in [9.17, 15) is 9.90 Å². The van der Waals surface area contributed by atoms with E-state index in [1.54, 1.807) is 19.3 Å². The summed E-state index contributed by atoms with van der Waals surface area (Å²) in [6.07, 6.45) is 5.10. The molecule has 0 radical (unpaired) electrons. The maximum absolute atomic E-state index is 11.6. The van der Waals surface area contributed by atoms with Crippen LogP contribution in [0.15, 0.2) is 24.5 Å². The van der Waals surface area contributed by atoms with Crippen molar-refractivity contribution in [2.45, 2.75) is 39.2 Å². The van der Waals surface area contributed by atoms with Gasteiger partial charge in [-0.1, -0.05) is 6.92 Å². The lowest BCUT2D eigenvalue weighted by Gasteiger charge is -2.14. The number of aryl methyl sites for hydroxylation is 1. The molecule has 4 heteroatoms. The van der Waals surface area contributed by atoms with Gasteiger partial charge in [-0.15, -0.1) is 0 Å². The molecule has 1 aromatic heterocycles. The SMILES string of the molecule is CC(O)CC(C)CNC(=O)CCc1ccncc1. The van der Waals surface area contributed by atoms with Gasteiger partial charge in [0, 0.05) is 25.4 Å². The fraction of sp³-hybridized carbons (Fsp3) is 0.571. The van der Waals surface area contributed by atoms with Gasteiger partial charge in [0.05, 0.1) is 6.10 Å². The number of hydrogen-bond acceptors (Lipinski definition) is 3. The van der Waals surface area contributed by atoms with Crippen LogP contribution in [0, 0.1) is 5.92 Å². The molecular weight excluding hydrogens is 228 g/mol. The lowest BCUT2D eigenvalue weighted by Crippen LogP contribution is -2.29. The van der Waals surface area contributed by atoms with Crippen LogP contribution in [-0.2, 0) is 11.2 Å². The van der Waals surface area contributed by atoms with Gasteiger partial charge < -0.3 is 10.4 Å². The minimum absolute atomic E-state index is 0.0595. The third kappa shape index (κ3) is 6.35. The fourth-order valence-electron chi connectivity index (χ4n) is 1.85. The first kappa shape index (κ1) is 14.6. The van der Waals surface area contributed by atoms with E-state index in [0.717, 1.165) is 12.0 Å². The van der Waals surface area contributed by atoms with E-state index in [1.165, 1.54) is 0 Å². The van der Waals surface area contributed by atoms with Gasteiger partial charge in [0.25, 0.3) is 0 Å². The Morgan fingerprint density at radius 3 is 2.67 bits per heavy atom. The number of aromatic nitrogens is 1. The zero-order chi connectivity index (χ0) is 13.4. The third-order valence-electron chi connectivity index (χ3n) is 2.78. The number of hydrogen-bond donors (Lipinski definition) is 2. The molecule has 1 aromatic rings. The Labute approximate surface area is 108 Å². The van der Waals surface area contributed by atoms with Crippen molar-refractivity contribution in [2.24, 2.45) is 5.92 Å². The minimum Gasteiger partial charge on any atom is -0.393 e. The summed E-state index contributed by atoms with van der Waals surface area (Å²) >= 11 is 0. The number of rotatable bonds is 7. The molecule has 0 bridgehead atoms. The Morgan fingerprint density at radius 2 is 2.06 bits per heavy atom. The average molecular weight is 250 g/mol. The summed E-state index contributed by atoms with van der Waals surface area (Å²) in [5, 5.41) is 12.1. The van der Waals surface area contributed by atoms with Crippen molar-refractivity contribution in [2.75, 3.05) is 6.54 Å². The van der Waals surface area contributed by atoms with E-state index >= 15 is 0 Å². The molecule has 2 N–H and O–H groups in total. The number of aliphatic hydroxyl groups excluding tert-OH is 1. The summed E-state index contributed by atoms with van der Waals surface area (Å²) in [5.74, 6) is 0.360. The van der Waals surface area contributed by atoms with Gasteiger partial charge in [-0.2, -0.15) is 0 Å². The first-order valence-corrected chi connectivity index (χ1v) is 6.41. The normalized spacial score (nSPS) is 13.9. The van der Waals surface area contributed by atoms with Crippen molar-refractivity contribution < 1.29 is 9.90 Å². The second-order valence-corrected chi connectivity index (χ2v) is 4.85. The zero-order valence-electron chi connectivity index (χ0n) is 11.1. The van der Waals surface area contributed by atoms with Crippen LogP contribution < -0.4 is 5.32 Å². The van der Waals surface area contributed by atoms with Gasteiger partial charge in [-0.25, -0.2) is 0 Å². The molecule has 2 unspecified atom stereocenters. The van der Waals surface area contributed by atoms with Crippen LogP contribution in [0.5, 0.6) is 0 Å². The maximum Gasteiger partial charge on any atom is 0.220 e. The number of nitrogens with zero attached hydrogens (tertiary/aromatic N) is 1. The van der Waals surface area contributed by atoms with Crippen LogP contribution in [0.1, 0.15) is 32.3 Å². The Morgan fingerprint density at radius 1 is 1.39 bits per heavy atom. The number of carbonyl (C=O) groups excluding carboxylic acids is 1. The summed E-state index contributed by atoms with van der Waals surface area (Å²) in [6.45, 7) is 4.41. The van der Waals surface area contributed by atoms with Gasteiger partial charge in [-0.05, 0) is 43.4 Å². The van der Waals surface area contributed by atoms with Crippen LogP contribution in [-0.4, -0.2) is 28.6 Å². The summed E-state index contributed by atoms with van der Waals surface area (Å²) in [6, 6.07) is 3.84. The van der Waals surface area contributed by atoms with Crippen LogP contribution >= 0.6 is 0 Å². The van der Waals surface area contributed by atoms with E-state index < -0.39 is 0 Å². The first-order valence-electron chi connectivity index (χ1n) is 6.41. The van der Waals surface area contributed by atoms with Crippen molar-refractivity contribution in [3.05, 3.63) is 30.1 Å². The molecule has 1 rings (SSSR count). The summed E-state index contributed by atoms with van der Waals surface area (Å²) < 4.78 is 0. The Hall–Kier alpha value is -1.42. The van der Waals surface area contributed by atoms with Crippen molar-refractivity contribution in [1.29, 1.82) is 0 Å². The van der Waals surface area contributed by atoms with E-state index in [-0.39, 0.29) is 12.0 Å². The van der Waals surface area contributed by atoms with E-state index in [2.05, 4.69) is 10.3 Å².